The number of nitrogens with one attached hydrogen (secondary N) is 2. The summed E-state index contributed by atoms with van der Waals surface area (Å²) in [5, 5.41) is 3.06. The highest BCUT2D eigenvalue weighted by Gasteiger charge is 2.32. The maximum Gasteiger partial charge on any atom is 0.243 e. The van der Waals surface area contributed by atoms with Crippen LogP contribution in [0.1, 0.15) is 46.5 Å². The molecule has 148 valence electrons. The fourth-order valence-corrected chi connectivity index (χ4v) is 5.63. The average molecular weight is 411 g/mol. The smallest absolute Gasteiger partial charge is 0.243 e. The van der Waals surface area contributed by atoms with Crippen LogP contribution in [0.2, 0.25) is 0 Å². The number of aromatic nitrogens is 2. The fraction of sp³-hybridized carbons (Fsp3) is 0.611. The predicted molar refractivity (Wildman–Crippen MR) is 106 cm³/mol. The molecule has 1 heterocycles. The maximum absolute atomic E-state index is 13.0. The van der Waals surface area contributed by atoms with Crippen LogP contribution >= 0.6 is 11.7 Å². The van der Waals surface area contributed by atoms with Crippen LogP contribution in [0.3, 0.4) is 0 Å². The lowest BCUT2D eigenvalue weighted by molar-refractivity contribution is -0.125. The molecule has 0 radical (unpaired) electrons. The molecule has 1 saturated carbocycles. The van der Waals surface area contributed by atoms with Gasteiger partial charge in [0, 0.05) is 6.04 Å². The Morgan fingerprint density at radius 3 is 2.67 bits per heavy atom. The summed E-state index contributed by atoms with van der Waals surface area (Å²) in [6, 6.07) is 4.10. The van der Waals surface area contributed by atoms with Gasteiger partial charge in [0.15, 0.2) is 0 Å². The van der Waals surface area contributed by atoms with Crippen LogP contribution in [0.4, 0.5) is 0 Å². The third-order valence-electron chi connectivity index (χ3n) is 5.21. The molecule has 1 aromatic heterocycles. The van der Waals surface area contributed by atoms with Gasteiger partial charge in [0.2, 0.25) is 15.9 Å². The van der Waals surface area contributed by atoms with Gasteiger partial charge in [-0.3, -0.25) is 4.79 Å². The SMILES string of the molecule is CC(C)[C@H](NS(=O)(=O)c1cccc2nsnc12)C(=O)N[C@H]1CCCC[C@H]1C. The van der Waals surface area contributed by atoms with Crippen molar-refractivity contribution in [3.63, 3.8) is 0 Å². The third kappa shape index (κ3) is 4.47. The van der Waals surface area contributed by atoms with Gasteiger partial charge in [0.1, 0.15) is 22.0 Å². The number of hydrogen-bond donors (Lipinski definition) is 2. The molecule has 3 atom stereocenters. The number of fused-ring (bicyclic) bond motifs is 1. The van der Waals surface area contributed by atoms with Crippen LogP contribution in [0.15, 0.2) is 23.1 Å². The Morgan fingerprint density at radius 1 is 1.22 bits per heavy atom. The highest BCUT2D eigenvalue weighted by Crippen LogP contribution is 2.25. The first-order chi connectivity index (χ1) is 12.8. The summed E-state index contributed by atoms with van der Waals surface area (Å²) in [7, 11) is -3.91. The number of rotatable bonds is 6. The summed E-state index contributed by atoms with van der Waals surface area (Å²) in [6.07, 6.45) is 4.29. The first-order valence-corrected chi connectivity index (χ1v) is 11.5. The van der Waals surface area contributed by atoms with E-state index < -0.39 is 16.1 Å². The van der Waals surface area contributed by atoms with Crippen molar-refractivity contribution in [2.75, 3.05) is 0 Å². The maximum atomic E-state index is 13.0. The molecule has 1 aliphatic carbocycles. The number of nitrogens with zero attached hydrogens (tertiary/aromatic N) is 2. The molecule has 0 spiro atoms. The number of hydrogen-bond acceptors (Lipinski definition) is 6. The van der Waals surface area contributed by atoms with Crippen molar-refractivity contribution in [2.45, 2.75) is 63.4 Å². The first-order valence-electron chi connectivity index (χ1n) is 9.33. The van der Waals surface area contributed by atoms with E-state index >= 15 is 0 Å². The van der Waals surface area contributed by atoms with Crippen LogP contribution in [-0.2, 0) is 14.8 Å². The molecule has 0 aliphatic heterocycles. The Morgan fingerprint density at radius 2 is 1.96 bits per heavy atom. The van der Waals surface area contributed by atoms with Crippen molar-refractivity contribution in [1.29, 1.82) is 0 Å². The molecule has 1 aromatic carbocycles. The highest BCUT2D eigenvalue weighted by atomic mass is 32.2. The van der Waals surface area contributed by atoms with Gasteiger partial charge in [0.05, 0.1) is 11.7 Å². The average Bonchev–Trinajstić information content (AvgIpc) is 3.10. The Kier molecular flexibility index (Phi) is 6.12. The van der Waals surface area contributed by atoms with E-state index in [1.165, 1.54) is 12.5 Å². The first kappa shape index (κ1) is 20.2. The third-order valence-corrected chi connectivity index (χ3v) is 7.22. The molecule has 1 fully saturated rings. The summed E-state index contributed by atoms with van der Waals surface area (Å²) in [5.41, 5.74) is 0.864. The van der Waals surface area contributed by atoms with Crippen molar-refractivity contribution in [3.8, 4) is 0 Å². The largest absolute Gasteiger partial charge is 0.352 e. The number of amides is 1. The second-order valence-corrected chi connectivity index (χ2v) is 9.82. The summed E-state index contributed by atoms with van der Waals surface area (Å²) in [6.45, 7) is 5.80. The number of benzene rings is 1. The van der Waals surface area contributed by atoms with Gasteiger partial charge in [-0.05, 0) is 36.8 Å². The minimum atomic E-state index is -3.91. The van der Waals surface area contributed by atoms with Crippen molar-refractivity contribution < 1.29 is 13.2 Å². The number of carbonyl (C=O) groups excluding carboxylic acids is 1. The Hall–Kier alpha value is -1.58. The summed E-state index contributed by atoms with van der Waals surface area (Å²) in [5.74, 6) is -0.0516. The molecule has 1 amide bonds. The predicted octanol–water partition coefficient (Wildman–Crippen LogP) is 2.69. The fourth-order valence-electron chi connectivity index (χ4n) is 3.52. The van der Waals surface area contributed by atoms with Crippen molar-refractivity contribution >= 4 is 38.7 Å². The zero-order valence-electron chi connectivity index (χ0n) is 15.8. The summed E-state index contributed by atoms with van der Waals surface area (Å²) < 4.78 is 36.7. The Labute approximate surface area is 164 Å². The molecular formula is C18H26N4O3S2. The van der Waals surface area contributed by atoms with Crippen molar-refractivity contribution in [1.82, 2.24) is 18.8 Å². The monoisotopic (exact) mass is 410 g/mol. The van der Waals surface area contributed by atoms with Crippen molar-refractivity contribution in [2.24, 2.45) is 11.8 Å². The molecule has 7 nitrogen and oxygen atoms in total. The van der Waals surface area contributed by atoms with Gasteiger partial charge in [-0.15, -0.1) is 0 Å². The van der Waals surface area contributed by atoms with Crippen LogP contribution in [0, 0.1) is 11.8 Å². The molecular weight excluding hydrogens is 384 g/mol. The van der Waals surface area contributed by atoms with Gasteiger partial charge in [-0.25, -0.2) is 8.42 Å². The normalized spacial score (nSPS) is 22.1. The number of carbonyl (C=O) groups is 1. The summed E-state index contributed by atoms with van der Waals surface area (Å²) in [4.78, 5) is 12.9. The molecule has 2 aromatic rings. The molecule has 0 saturated heterocycles. The molecule has 3 rings (SSSR count). The van der Waals surface area contributed by atoms with E-state index in [2.05, 4.69) is 25.7 Å². The zero-order chi connectivity index (χ0) is 19.6. The molecule has 9 heteroatoms. The van der Waals surface area contributed by atoms with E-state index in [-0.39, 0.29) is 22.8 Å². The van der Waals surface area contributed by atoms with E-state index in [4.69, 9.17) is 0 Å². The van der Waals surface area contributed by atoms with E-state index in [1.54, 1.807) is 12.1 Å². The van der Waals surface area contributed by atoms with Crippen molar-refractivity contribution in [3.05, 3.63) is 18.2 Å². The second kappa shape index (κ2) is 8.20. The highest BCUT2D eigenvalue weighted by molar-refractivity contribution is 7.89. The topological polar surface area (TPSA) is 101 Å². The van der Waals surface area contributed by atoms with Gasteiger partial charge in [-0.2, -0.15) is 13.5 Å². The van der Waals surface area contributed by atoms with Crippen LogP contribution in [-0.4, -0.2) is 35.2 Å². The Bertz CT molecular complexity index is 910. The van der Waals surface area contributed by atoms with Gasteiger partial charge in [-0.1, -0.05) is 39.7 Å². The quantitative estimate of drug-likeness (QED) is 0.762. The molecule has 0 bridgehead atoms. The molecule has 2 N–H and O–H groups in total. The van der Waals surface area contributed by atoms with E-state index in [0.717, 1.165) is 31.0 Å². The minimum Gasteiger partial charge on any atom is -0.352 e. The van der Waals surface area contributed by atoms with Crippen LogP contribution in [0.25, 0.3) is 11.0 Å². The van der Waals surface area contributed by atoms with E-state index in [1.807, 2.05) is 13.8 Å². The second-order valence-electron chi connectivity index (χ2n) is 7.61. The van der Waals surface area contributed by atoms with E-state index in [9.17, 15) is 13.2 Å². The van der Waals surface area contributed by atoms with Gasteiger partial charge < -0.3 is 5.32 Å². The lowest BCUT2D eigenvalue weighted by atomic mass is 9.85. The van der Waals surface area contributed by atoms with E-state index in [0.29, 0.717) is 17.0 Å². The van der Waals surface area contributed by atoms with Gasteiger partial charge in [0.25, 0.3) is 0 Å². The Balaban J connectivity index is 1.81. The molecule has 1 aliphatic rings. The molecule has 27 heavy (non-hydrogen) atoms. The standard InChI is InChI=1S/C18H26N4O3S2/c1-11(2)16(18(23)19-13-8-5-4-7-12(13)3)22-27(24,25)15-10-6-9-14-17(15)21-26-20-14/h6,9-13,16,22H,4-5,7-8H2,1-3H3,(H,19,23)/t12-,13+,16+/m1/s1. The van der Waals surface area contributed by atoms with Crippen LogP contribution in [0.5, 0.6) is 0 Å². The zero-order valence-corrected chi connectivity index (χ0v) is 17.4. The molecule has 0 unspecified atom stereocenters. The minimum absolute atomic E-state index is 0.0539. The lowest BCUT2D eigenvalue weighted by Crippen LogP contribution is -2.53. The lowest BCUT2D eigenvalue weighted by Gasteiger charge is -2.31. The summed E-state index contributed by atoms with van der Waals surface area (Å²) >= 11 is 0.967. The number of sulfonamides is 1. The van der Waals surface area contributed by atoms with Crippen LogP contribution < -0.4 is 10.0 Å². The van der Waals surface area contributed by atoms with Gasteiger partial charge >= 0.3 is 0 Å².